The van der Waals surface area contributed by atoms with Crippen LogP contribution in [-0.4, -0.2) is 32.7 Å². The number of thiazole rings is 1. The number of carboxylic acids is 1. The Bertz CT molecular complexity index is 1760. The van der Waals surface area contributed by atoms with E-state index in [1.807, 2.05) is 0 Å². The second-order valence-electron chi connectivity index (χ2n) is 7.21. The number of methoxy groups -OCH3 is 1. The average molecular weight is 534 g/mol. The van der Waals surface area contributed by atoms with Crippen LogP contribution in [-0.2, 0) is 6.61 Å². The van der Waals surface area contributed by atoms with Gasteiger partial charge in [-0.15, -0.1) is 22.7 Å². The lowest BCUT2D eigenvalue weighted by Gasteiger charge is -2.14. The van der Waals surface area contributed by atoms with E-state index >= 15 is 4.39 Å². The zero-order valence-electron chi connectivity index (χ0n) is 17.6. The van der Waals surface area contributed by atoms with E-state index in [9.17, 15) is 19.5 Å². The molecule has 3 heterocycles. The molecule has 3 aromatic heterocycles. The Morgan fingerprint density at radius 3 is 2.80 bits per heavy atom. The van der Waals surface area contributed by atoms with Crippen molar-refractivity contribution in [2.24, 2.45) is 0 Å². The van der Waals surface area contributed by atoms with Crippen molar-refractivity contribution in [3.63, 3.8) is 0 Å². The summed E-state index contributed by atoms with van der Waals surface area (Å²) in [6.07, 6.45) is 0. The summed E-state index contributed by atoms with van der Waals surface area (Å²) < 4.78 is 27.4. The fraction of sp³-hybridized carbons (Fsp3) is 0.0909. The fourth-order valence-corrected chi connectivity index (χ4v) is 5.48. The SMILES string of the molecule is COc1cc(F)c(-n2c(=O)[nH]c3csc(C(=O)O)c3c2=O)cc1OCc1ccc(Cl)c2scnc12. The predicted molar refractivity (Wildman–Crippen MR) is 130 cm³/mol. The average Bonchev–Trinajstić information content (AvgIpc) is 3.48. The molecule has 5 rings (SSSR count). The molecular weight excluding hydrogens is 521 g/mol. The number of carboxylic acid groups (broad SMARTS) is 1. The van der Waals surface area contributed by atoms with E-state index in [1.165, 1.54) is 23.8 Å². The molecule has 0 aliphatic carbocycles. The number of thiophene rings is 1. The van der Waals surface area contributed by atoms with Crippen LogP contribution in [0.1, 0.15) is 15.2 Å². The first kappa shape index (κ1) is 23.0. The number of H-pyrrole nitrogens is 1. The summed E-state index contributed by atoms with van der Waals surface area (Å²) >= 11 is 8.36. The number of nitrogens with zero attached hydrogens (tertiary/aromatic N) is 2. The number of aromatic amines is 1. The zero-order valence-corrected chi connectivity index (χ0v) is 20.0. The molecule has 0 amide bonds. The molecule has 9 nitrogen and oxygen atoms in total. The molecule has 0 unspecified atom stereocenters. The summed E-state index contributed by atoms with van der Waals surface area (Å²) in [6.45, 7) is 0.0107. The third-order valence-corrected chi connectivity index (χ3v) is 7.48. The molecule has 35 heavy (non-hydrogen) atoms. The number of aromatic carboxylic acids is 1. The van der Waals surface area contributed by atoms with E-state index in [2.05, 4.69) is 9.97 Å². The number of aromatic nitrogens is 3. The van der Waals surface area contributed by atoms with Crippen LogP contribution in [0.3, 0.4) is 0 Å². The lowest BCUT2D eigenvalue weighted by atomic mass is 10.2. The van der Waals surface area contributed by atoms with Gasteiger partial charge in [0, 0.05) is 23.1 Å². The molecular formula is C22H13ClFN3O6S2. The highest BCUT2D eigenvalue weighted by molar-refractivity contribution is 7.17. The van der Waals surface area contributed by atoms with E-state index in [0.717, 1.165) is 28.2 Å². The van der Waals surface area contributed by atoms with Gasteiger partial charge in [-0.3, -0.25) is 4.79 Å². The molecule has 5 aromatic rings. The van der Waals surface area contributed by atoms with Crippen molar-refractivity contribution < 1.29 is 23.8 Å². The highest BCUT2D eigenvalue weighted by Crippen LogP contribution is 2.34. The second-order valence-corrected chi connectivity index (χ2v) is 9.35. The Kier molecular flexibility index (Phi) is 5.79. The standard InChI is InChI=1S/C22H13ClFN3O6S2/c1-32-14-4-11(24)13(27-20(28)16-12(26-22(27)31)7-34-19(16)21(29)30)5-15(14)33-6-9-2-3-10(23)18-17(9)25-8-35-18/h2-5,7-8H,6H2,1H3,(H,26,31)(H,29,30). The molecule has 0 spiro atoms. The lowest BCUT2D eigenvalue weighted by Crippen LogP contribution is -2.34. The molecule has 0 saturated heterocycles. The van der Waals surface area contributed by atoms with Gasteiger partial charge >= 0.3 is 11.7 Å². The first-order chi connectivity index (χ1) is 16.8. The van der Waals surface area contributed by atoms with Gasteiger partial charge in [-0.2, -0.15) is 0 Å². The molecule has 0 aliphatic heterocycles. The smallest absolute Gasteiger partial charge is 0.346 e. The van der Waals surface area contributed by atoms with Crippen LogP contribution < -0.4 is 20.7 Å². The molecule has 0 aliphatic rings. The Morgan fingerprint density at radius 2 is 2.06 bits per heavy atom. The number of carbonyl (C=O) groups is 1. The van der Waals surface area contributed by atoms with Crippen LogP contribution in [0.4, 0.5) is 4.39 Å². The second kappa shape index (κ2) is 8.80. The number of halogens is 2. The minimum absolute atomic E-state index is 0.0107. The van der Waals surface area contributed by atoms with Gasteiger partial charge in [0.1, 0.15) is 11.5 Å². The Morgan fingerprint density at radius 1 is 1.26 bits per heavy atom. The molecule has 0 radical (unpaired) electrons. The summed E-state index contributed by atoms with van der Waals surface area (Å²) in [5.74, 6) is -2.20. The maximum Gasteiger partial charge on any atom is 0.346 e. The van der Waals surface area contributed by atoms with Crippen LogP contribution in [0.25, 0.3) is 26.8 Å². The number of hydrogen-bond acceptors (Lipinski definition) is 8. The van der Waals surface area contributed by atoms with Crippen LogP contribution in [0.15, 0.2) is 44.7 Å². The lowest BCUT2D eigenvalue weighted by molar-refractivity contribution is 0.0704. The van der Waals surface area contributed by atoms with Gasteiger partial charge < -0.3 is 19.6 Å². The normalized spacial score (nSPS) is 11.3. The van der Waals surface area contributed by atoms with Crippen molar-refractivity contribution in [3.05, 3.63) is 77.3 Å². The maximum atomic E-state index is 15.0. The third-order valence-electron chi connectivity index (χ3n) is 5.22. The largest absolute Gasteiger partial charge is 0.493 e. The van der Waals surface area contributed by atoms with Crippen molar-refractivity contribution in [3.8, 4) is 17.2 Å². The van der Waals surface area contributed by atoms with Crippen molar-refractivity contribution in [2.75, 3.05) is 7.11 Å². The van der Waals surface area contributed by atoms with Gasteiger partial charge in [0.2, 0.25) is 0 Å². The highest BCUT2D eigenvalue weighted by Gasteiger charge is 2.22. The number of fused-ring (bicyclic) bond motifs is 2. The number of hydrogen-bond donors (Lipinski definition) is 2. The quantitative estimate of drug-likeness (QED) is 0.331. The summed E-state index contributed by atoms with van der Waals surface area (Å²) in [5.41, 5.74) is 0.736. The Hall–Kier alpha value is -3.74. The van der Waals surface area contributed by atoms with E-state index in [4.69, 9.17) is 21.1 Å². The summed E-state index contributed by atoms with van der Waals surface area (Å²) in [6, 6.07) is 5.59. The zero-order chi connectivity index (χ0) is 24.9. The molecule has 2 N–H and O–H groups in total. The van der Waals surface area contributed by atoms with E-state index in [-0.39, 0.29) is 33.9 Å². The van der Waals surface area contributed by atoms with Crippen molar-refractivity contribution in [1.29, 1.82) is 0 Å². The molecule has 0 atom stereocenters. The number of rotatable bonds is 6. The van der Waals surface area contributed by atoms with Crippen molar-refractivity contribution in [2.45, 2.75) is 6.61 Å². The summed E-state index contributed by atoms with van der Waals surface area (Å²) in [5, 5.41) is 11.1. The van der Waals surface area contributed by atoms with Crippen LogP contribution in [0.5, 0.6) is 11.5 Å². The predicted octanol–water partition coefficient (Wildman–Crippen LogP) is 4.43. The van der Waals surface area contributed by atoms with Gasteiger partial charge in [0.15, 0.2) is 17.3 Å². The molecule has 0 saturated carbocycles. The van der Waals surface area contributed by atoms with Crippen LogP contribution in [0.2, 0.25) is 5.02 Å². The van der Waals surface area contributed by atoms with Gasteiger partial charge in [-0.1, -0.05) is 17.7 Å². The van der Waals surface area contributed by atoms with Gasteiger partial charge in [0.25, 0.3) is 5.56 Å². The summed E-state index contributed by atoms with van der Waals surface area (Å²) in [4.78, 5) is 43.8. The van der Waals surface area contributed by atoms with Gasteiger partial charge in [0.05, 0.1) is 44.4 Å². The number of nitrogens with one attached hydrogen (secondary N) is 1. The molecule has 0 bridgehead atoms. The summed E-state index contributed by atoms with van der Waals surface area (Å²) in [7, 11) is 1.32. The minimum atomic E-state index is -1.34. The Balaban J connectivity index is 1.62. The molecule has 2 aromatic carbocycles. The van der Waals surface area contributed by atoms with Gasteiger partial charge in [-0.05, 0) is 6.07 Å². The number of benzene rings is 2. The molecule has 178 valence electrons. The molecule has 13 heteroatoms. The maximum absolute atomic E-state index is 15.0. The highest BCUT2D eigenvalue weighted by atomic mass is 35.5. The third kappa shape index (κ3) is 3.85. The fourth-order valence-electron chi connectivity index (χ4n) is 3.63. The topological polar surface area (TPSA) is 124 Å². The van der Waals surface area contributed by atoms with Crippen molar-refractivity contribution in [1.82, 2.24) is 14.5 Å². The van der Waals surface area contributed by atoms with Crippen LogP contribution in [0, 0.1) is 5.82 Å². The number of ether oxygens (including phenoxy) is 2. The molecule has 0 fully saturated rings. The van der Waals surface area contributed by atoms with E-state index < -0.39 is 28.7 Å². The minimum Gasteiger partial charge on any atom is -0.493 e. The Labute approximate surface area is 207 Å². The van der Waals surface area contributed by atoms with E-state index in [0.29, 0.717) is 20.7 Å². The first-order valence-electron chi connectivity index (χ1n) is 9.81. The first-order valence-corrected chi connectivity index (χ1v) is 11.9. The van der Waals surface area contributed by atoms with Crippen molar-refractivity contribution >= 4 is 61.4 Å². The van der Waals surface area contributed by atoms with E-state index in [1.54, 1.807) is 17.6 Å². The monoisotopic (exact) mass is 533 g/mol. The van der Waals surface area contributed by atoms with Gasteiger partial charge in [-0.25, -0.2) is 23.5 Å². The van der Waals surface area contributed by atoms with Crippen LogP contribution >= 0.6 is 34.3 Å².